The van der Waals surface area contributed by atoms with Crippen molar-refractivity contribution >= 4 is 54.1 Å². The highest BCUT2D eigenvalue weighted by molar-refractivity contribution is 7.78. The van der Waals surface area contributed by atoms with Crippen molar-refractivity contribution in [2.24, 2.45) is 18.9 Å². The fourth-order valence-corrected chi connectivity index (χ4v) is 6.12. The smallest absolute Gasteiger partial charge is 0.416 e. The Balaban J connectivity index is 0.00000227. The first kappa shape index (κ1) is 51.2. The second-order valence-electron chi connectivity index (χ2n) is 11.7. The first-order chi connectivity index (χ1) is 26.6. The summed E-state index contributed by atoms with van der Waals surface area (Å²) < 4.78 is 58.1. The van der Waals surface area contributed by atoms with Gasteiger partial charge in [-0.1, -0.05) is 70.8 Å². The van der Waals surface area contributed by atoms with E-state index in [-0.39, 0.29) is 18.8 Å². The average Bonchev–Trinajstić information content (AvgIpc) is 3.48. The topological polar surface area (TPSA) is 154 Å². The number of thiol groups is 1. The lowest BCUT2D eigenvalue weighted by atomic mass is 9.67. The minimum absolute atomic E-state index is 0.131. The summed E-state index contributed by atoms with van der Waals surface area (Å²) in [4.78, 5) is 52.8. The summed E-state index contributed by atoms with van der Waals surface area (Å²) in [6, 6.07) is 15.1. The molecule has 0 aliphatic heterocycles. The predicted molar refractivity (Wildman–Crippen MR) is 216 cm³/mol. The van der Waals surface area contributed by atoms with Gasteiger partial charge in [-0.3, -0.25) is 19.1 Å². The van der Waals surface area contributed by atoms with Crippen LogP contribution in [0, 0.1) is 24.6 Å². The molecule has 1 aromatic heterocycles. The number of aromatic nitrogens is 2. The van der Waals surface area contributed by atoms with Crippen molar-refractivity contribution in [2.75, 3.05) is 26.5 Å². The third kappa shape index (κ3) is 13.7. The van der Waals surface area contributed by atoms with Crippen LogP contribution < -0.4 is 10.0 Å². The number of imidazole rings is 1. The summed E-state index contributed by atoms with van der Waals surface area (Å²) in [5.41, 5.74) is 2.97. The summed E-state index contributed by atoms with van der Waals surface area (Å²) in [5.74, 6) is -3.50. The monoisotopic (exact) mass is 809 g/mol. The van der Waals surface area contributed by atoms with Gasteiger partial charge in [0.15, 0.2) is 0 Å². The maximum Gasteiger partial charge on any atom is 0.416 e. The van der Waals surface area contributed by atoms with Crippen molar-refractivity contribution in [3.8, 4) is 11.1 Å². The van der Waals surface area contributed by atoms with E-state index in [1.54, 1.807) is 14.1 Å². The number of carbonyl (C=O) groups is 4. The number of anilines is 1. The van der Waals surface area contributed by atoms with E-state index in [1.807, 2.05) is 88.7 Å². The first-order valence-electron chi connectivity index (χ1n) is 17.8. The molecule has 1 aliphatic rings. The number of halogens is 4. The predicted octanol–water partition coefficient (Wildman–Crippen LogP) is 7.91. The number of fused-ring (bicyclic) bond motifs is 1. The molecule has 0 radical (unpaired) electrons. The van der Waals surface area contributed by atoms with Crippen LogP contribution in [0.25, 0.3) is 22.2 Å². The lowest BCUT2D eigenvalue weighted by molar-refractivity contribution is -0.138. The van der Waals surface area contributed by atoms with E-state index in [1.165, 1.54) is 11.8 Å². The highest BCUT2D eigenvalue weighted by atomic mass is 32.1. The second-order valence-corrected chi connectivity index (χ2v) is 12.2. The van der Waals surface area contributed by atoms with E-state index in [0.717, 1.165) is 46.7 Å². The Bertz CT molecular complexity index is 1820. The van der Waals surface area contributed by atoms with E-state index >= 15 is 0 Å². The number of carbonyl (C=O) groups excluding carboxylic acids is 3. The normalized spacial score (nSPS) is 16.9. The van der Waals surface area contributed by atoms with Gasteiger partial charge < -0.3 is 29.8 Å². The zero-order chi connectivity index (χ0) is 43.3. The molecule has 2 amide bonds. The van der Waals surface area contributed by atoms with Gasteiger partial charge in [0.05, 0.1) is 28.2 Å². The molecule has 4 N–H and O–H groups in total. The Hall–Kier alpha value is -4.80. The zero-order valence-electron chi connectivity index (χ0n) is 33.5. The summed E-state index contributed by atoms with van der Waals surface area (Å²) >= 11 is 3.54. The van der Waals surface area contributed by atoms with Crippen LogP contribution in [0.2, 0.25) is 0 Å². The van der Waals surface area contributed by atoms with Crippen LogP contribution in [0.15, 0.2) is 60.7 Å². The maximum absolute atomic E-state index is 14.6. The molecule has 0 bridgehead atoms. The van der Waals surface area contributed by atoms with Crippen LogP contribution >= 0.6 is 12.8 Å². The van der Waals surface area contributed by atoms with Gasteiger partial charge in [0.2, 0.25) is 11.8 Å². The van der Waals surface area contributed by atoms with Gasteiger partial charge in [-0.05, 0) is 79.8 Å². The van der Waals surface area contributed by atoms with Gasteiger partial charge in [0, 0.05) is 40.1 Å². The van der Waals surface area contributed by atoms with Crippen molar-refractivity contribution < 1.29 is 47.0 Å². The molecule has 310 valence electrons. The zero-order valence-corrected chi connectivity index (χ0v) is 34.4. The molecular formula is C40H55F4N5O6S. The van der Waals surface area contributed by atoms with Gasteiger partial charge in [0.25, 0.3) is 6.47 Å². The number of nitrogens with zero attached hydrogens (tertiary/aromatic N) is 3. The lowest BCUT2D eigenvalue weighted by Gasteiger charge is -2.42. The fraction of sp³-hybridized carbons (Fsp3) is 0.425. The maximum atomic E-state index is 14.6. The quantitative estimate of drug-likeness (QED) is 0.0749. The molecule has 11 nitrogen and oxygen atoms in total. The number of aliphatic hydroxyl groups is 1. The van der Waals surface area contributed by atoms with Gasteiger partial charge >= 0.3 is 6.18 Å². The molecule has 1 fully saturated rings. The fourth-order valence-electron chi connectivity index (χ4n) is 6.12. The van der Waals surface area contributed by atoms with Gasteiger partial charge in [-0.2, -0.15) is 13.2 Å². The lowest BCUT2D eigenvalue weighted by Crippen LogP contribution is -2.47. The summed E-state index contributed by atoms with van der Waals surface area (Å²) in [6.45, 7) is 11.1. The van der Waals surface area contributed by atoms with Crippen molar-refractivity contribution in [1.29, 1.82) is 0 Å². The summed E-state index contributed by atoms with van der Waals surface area (Å²) in [6.07, 6.45) is -3.50. The van der Waals surface area contributed by atoms with Crippen molar-refractivity contribution in [3.63, 3.8) is 0 Å². The molecule has 1 heterocycles. The number of alkyl halides is 3. The standard InChI is InChI=1S/C33H32F4N4O3.2C2H6.CH5NS.CH2O2.CH4O/c1-18-38-30-13-22(9-12-31(30)40(18)3)20-5-7-21(8-6-20)25-15-24(41(4)19(2)43)16-26(27(25)17-42)32(44)39-29-11-10-23(14-28(29)34)33(35,36)37;2*1-2;1-2-3;2-1-3;1-2/h5-14,17,24-27H,15-16H2,1-4H3,(H,39,44);2*1-2H3;2-3H,1H3;1H,(H,2,3);2H,1H3/t24-,25-,26-,27?;;;;;/m0...../s1. The van der Waals surface area contributed by atoms with Crippen molar-refractivity contribution in [1.82, 2.24) is 19.2 Å². The Kier molecular flexibility index (Phi) is 23.2. The van der Waals surface area contributed by atoms with E-state index < -0.39 is 52.9 Å². The minimum Gasteiger partial charge on any atom is -0.483 e. The van der Waals surface area contributed by atoms with Crippen molar-refractivity contribution in [2.45, 2.75) is 72.5 Å². The third-order valence-electron chi connectivity index (χ3n) is 8.85. The minimum atomic E-state index is -4.74. The highest BCUT2D eigenvalue weighted by Gasteiger charge is 2.44. The second kappa shape index (κ2) is 25.4. The number of aldehydes is 1. The molecule has 1 saturated carbocycles. The Morgan fingerprint density at radius 2 is 1.50 bits per heavy atom. The Morgan fingerprint density at radius 3 is 1.98 bits per heavy atom. The number of benzene rings is 3. The summed E-state index contributed by atoms with van der Waals surface area (Å²) in [5, 5.41) is 16.3. The van der Waals surface area contributed by atoms with Gasteiger partial charge in [0.1, 0.15) is 17.9 Å². The number of amides is 2. The molecule has 1 unspecified atom stereocenters. The third-order valence-corrected chi connectivity index (χ3v) is 8.85. The molecule has 0 spiro atoms. The molecule has 56 heavy (non-hydrogen) atoms. The first-order valence-corrected chi connectivity index (χ1v) is 18.3. The molecular weight excluding hydrogens is 755 g/mol. The molecule has 16 heteroatoms. The van der Waals surface area contributed by atoms with E-state index in [0.29, 0.717) is 24.8 Å². The number of hydrogen-bond acceptors (Lipinski definition) is 8. The average molecular weight is 810 g/mol. The number of nitrogens with one attached hydrogen (secondary N) is 2. The molecule has 0 saturated heterocycles. The van der Waals surface area contributed by atoms with Crippen LogP contribution in [0.1, 0.15) is 70.3 Å². The van der Waals surface area contributed by atoms with Crippen LogP contribution in [-0.4, -0.2) is 76.5 Å². The number of rotatable bonds is 6. The molecule has 4 atom stereocenters. The van der Waals surface area contributed by atoms with Gasteiger partial charge in [-0.15, -0.1) is 0 Å². The SMILES string of the molecule is CC.CC.CC(=O)N(C)[C@@H]1C[C@H](C(=O)Nc2ccc(C(F)(F)F)cc2F)C(C=O)[C@H](c2ccc(-c3ccc4c(c3)nc(C)n4C)cc2)C1.CNS.CO.O=CO. The molecule has 3 aromatic carbocycles. The highest BCUT2D eigenvalue weighted by Crippen LogP contribution is 2.43. The van der Waals surface area contributed by atoms with Crippen LogP contribution in [0.4, 0.5) is 23.2 Å². The van der Waals surface area contributed by atoms with E-state index in [4.69, 9.17) is 15.0 Å². The number of hydrogen-bond donors (Lipinski definition) is 5. The van der Waals surface area contributed by atoms with E-state index in [9.17, 15) is 31.9 Å². The molecule has 4 aromatic rings. The van der Waals surface area contributed by atoms with Crippen molar-refractivity contribution in [3.05, 3.63) is 83.4 Å². The van der Waals surface area contributed by atoms with Crippen LogP contribution in [-0.2, 0) is 32.4 Å². The number of aliphatic hydroxyl groups excluding tert-OH is 1. The Labute approximate surface area is 332 Å². The molecule has 1 aliphatic carbocycles. The van der Waals surface area contributed by atoms with Crippen LogP contribution in [0.3, 0.4) is 0 Å². The largest absolute Gasteiger partial charge is 0.483 e. The molecule has 5 rings (SSSR count). The number of carboxylic acid groups (broad SMARTS) is 1. The van der Waals surface area contributed by atoms with E-state index in [2.05, 4.69) is 27.8 Å². The van der Waals surface area contributed by atoms with Gasteiger partial charge in [-0.25, -0.2) is 9.37 Å². The summed E-state index contributed by atoms with van der Waals surface area (Å²) in [7, 11) is 6.31. The number of aryl methyl sites for hydroxylation is 2. The Morgan fingerprint density at radius 1 is 0.964 bits per heavy atom. The van der Waals surface area contributed by atoms with Crippen LogP contribution in [0.5, 0.6) is 0 Å².